The lowest BCUT2D eigenvalue weighted by Gasteiger charge is -2.11. The van der Waals surface area contributed by atoms with Gasteiger partial charge in [-0.2, -0.15) is 0 Å². The maximum atomic E-state index is 12.8. The molecule has 2 N–H and O–H groups in total. The highest BCUT2D eigenvalue weighted by atomic mass is 32.2. The summed E-state index contributed by atoms with van der Waals surface area (Å²) < 4.78 is 11.4. The van der Waals surface area contributed by atoms with Gasteiger partial charge in [0.05, 0.1) is 12.8 Å². The fourth-order valence-corrected chi connectivity index (χ4v) is 5.00. The number of furan rings is 1. The molecule has 0 bridgehead atoms. The Hall–Kier alpha value is -4.04. The number of para-hydroxylation sites is 1. The second-order valence-corrected chi connectivity index (χ2v) is 9.37. The van der Waals surface area contributed by atoms with Gasteiger partial charge in [0.1, 0.15) is 16.9 Å². The van der Waals surface area contributed by atoms with Gasteiger partial charge in [-0.15, -0.1) is 0 Å². The summed E-state index contributed by atoms with van der Waals surface area (Å²) in [4.78, 5) is 32.9. The number of rotatable bonds is 8. The van der Waals surface area contributed by atoms with E-state index in [1.807, 2.05) is 60.7 Å². The Balaban J connectivity index is 1.27. The van der Waals surface area contributed by atoms with Gasteiger partial charge < -0.3 is 19.5 Å². The van der Waals surface area contributed by atoms with Crippen LogP contribution in [0.3, 0.4) is 0 Å². The molecule has 182 valence electrons. The minimum absolute atomic E-state index is 0.128. The van der Waals surface area contributed by atoms with Crippen LogP contribution in [0.1, 0.15) is 23.2 Å². The molecule has 0 aliphatic heterocycles. The lowest BCUT2D eigenvalue weighted by Crippen LogP contribution is -2.20. The molecule has 0 spiro atoms. The van der Waals surface area contributed by atoms with Gasteiger partial charge in [-0.3, -0.25) is 9.59 Å². The molecule has 2 heterocycles. The van der Waals surface area contributed by atoms with Crippen molar-refractivity contribution in [3.05, 3.63) is 93.9 Å². The molecular weight excluding hydrogens is 474 g/mol. The number of ether oxygens (including phenoxy) is 1. The first-order valence-corrected chi connectivity index (χ1v) is 12.6. The zero-order valence-electron chi connectivity index (χ0n) is 20.0. The van der Waals surface area contributed by atoms with E-state index in [0.717, 1.165) is 21.9 Å². The van der Waals surface area contributed by atoms with Crippen molar-refractivity contribution in [1.29, 1.82) is 0 Å². The molecule has 0 fully saturated rings. The fraction of sp³-hybridized carbons (Fsp3) is 0.179. The molecule has 1 amide bonds. The first-order chi connectivity index (χ1) is 17.5. The molecule has 5 rings (SSSR count). The number of hydrogen-bond donors (Lipinski definition) is 2. The van der Waals surface area contributed by atoms with Gasteiger partial charge in [-0.1, -0.05) is 60.3 Å². The van der Waals surface area contributed by atoms with Crippen LogP contribution in [-0.2, 0) is 17.0 Å². The number of fused-ring (bicyclic) bond motifs is 3. The van der Waals surface area contributed by atoms with Crippen LogP contribution in [0.2, 0.25) is 0 Å². The maximum absolute atomic E-state index is 12.8. The Kier molecular flexibility index (Phi) is 6.77. The van der Waals surface area contributed by atoms with Crippen LogP contribution in [0.4, 0.5) is 5.69 Å². The van der Waals surface area contributed by atoms with Crippen molar-refractivity contribution in [2.45, 2.75) is 30.7 Å². The van der Waals surface area contributed by atoms with E-state index in [4.69, 9.17) is 9.15 Å². The molecule has 8 heteroatoms. The molecule has 0 saturated heterocycles. The number of nitrogens with zero attached hydrogens (tertiary/aromatic N) is 1. The number of aromatic amines is 1. The number of methoxy groups -OCH3 is 1. The number of nitrogens with one attached hydrogen (secondary N) is 2. The largest absolute Gasteiger partial charge is 0.495 e. The van der Waals surface area contributed by atoms with Crippen molar-refractivity contribution in [3.63, 3.8) is 0 Å². The normalized spacial score (nSPS) is 11.2. The zero-order valence-corrected chi connectivity index (χ0v) is 20.8. The van der Waals surface area contributed by atoms with Crippen molar-refractivity contribution in [2.75, 3.05) is 12.4 Å². The van der Waals surface area contributed by atoms with E-state index < -0.39 is 0 Å². The molecule has 2 aromatic heterocycles. The van der Waals surface area contributed by atoms with Crippen LogP contribution in [-0.4, -0.2) is 23.0 Å². The Morgan fingerprint density at radius 1 is 1.06 bits per heavy atom. The maximum Gasteiger partial charge on any atom is 0.254 e. The predicted octanol–water partition coefficient (Wildman–Crippen LogP) is 5.85. The zero-order chi connectivity index (χ0) is 25.1. The minimum Gasteiger partial charge on any atom is -0.495 e. The second-order valence-electron chi connectivity index (χ2n) is 8.40. The molecule has 0 atom stereocenters. The third-order valence-corrected chi connectivity index (χ3v) is 6.94. The van der Waals surface area contributed by atoms with E-state index >= 15 is 0 Å². The van der Waals surface area contributed by atoms with Crippen molar-refractivity contribution >= 4 is 45.3 Å². The number of carbonyl (C=O) groups excluding carboxylic acids is 1. The molecule has 5 aromatic rings. The number of aryl methyl sites for hydroxylation is 1. The monoisotopic (exact) mass is 499 g/mol. The van der Waals surface area contributed by atoms with E-state index in [0.29, 0.717) is 39.2 Å². The summed E-state index contributed by atoms with van der Waals surface area (Å²) in [6.07, 6.45) is 0.405. The summed E-state index contributed by atoms with van der Waals surface area (Å²) in [6, 6.07) is 21.4. The van der Waals surface area contributed by atoms with Crippen LogP contribution in [0.15, 0.2) is 81.1 Å². The summed E-state index contributed by atoms with van der Waals surface area (Å²) in [7, 11) is 1.56. The van der Waals surface area contributed by atoms with Gasteiger partial charge in [0.25, 0.3) is 5.56 Å². The van der Waals surface area contributed by atoms with Crippen LogP contribution in [0, 0.1) is 6.92 Å². The first kappa shape index (κ1) is 23.7. The quantitative estimate of drug-likeness (QED) is 0.205. The van der Waals surface area contributed by atoms with E-state index in [1.54, 1.807) is 20.1 Å². The lowest BCUT2D eigenvalue weighted by molar-refractivity contribution is -0.116. The van der Waals surface area contributed by atoms with E-state index in [2.05, 4.69) is 15.3 Å². The Morgan fingerprint density at radius 3 is 2.61 bits per heavy atom. The highest BCUT2D eigenvalue weighted by Gasteiger charge is 2.16. The molecule has 0 aliphatic rings. The Labute approximate surface area is 211 Å². The van der Waals surface area contributed by atoms with Gasteiger partial charge in [0.2, 0.25) is 5.91 Å². The predicted molar refractivity (Wildman–Crippen MR) is 143 cm³/mol. The van der Waals surface area contributed by atoms with Gasteiger partial charge in [0.15, 0.2) is 5.16 Å². The highest BCUT2D eigenvalue weighted by molar-refractivity contribution is 7.98. The van der Waals surface area contributed by atoms with Crippen molar-refractivity contribution in [3.8, 4) is 5.75 Å². The van der Waals surface area contributed by atoms with E-state index in [1.165, 1.54) is 11.8 Å². The smallest absolute Gasteiger partial charge is 0.254 e. The number of benzene rings is 3. The SMILES string of the molecule is COc1cc2c(cc1NC(=O)CCc1c(C)nc(SCc3ccccc3)[nH]c1=O)oc1ccccc12. The number of anilines is 1. The third kappa shape index (κ3) is 4.99. The molecular formula is C28H25N3O4S. The van der Waals surface area contributed by atoms with E-state index in [9.17, 15) is 9.59 Å². The number of aromatic nitrogens is 2. The first-order valence-electron chi connectivity index (χ1n) is 11.6. The van der Waals surface area contributed by atoms with Gasteiger partial charge in [-0.25, -0.2) is 4.98 Å². The summed E-state index contributed by atoms with van der Waals surface area (Å²) in [5, 5.41) is 5.36. The number of hydrogen-bond acceptors (Lipinski definition) is 6. The summed E-state index contributed by atoms with van der Waals surface area (Å²) >= 11 is 1.47. The number of thioether (sulfide) groups is 1. The number of H-pyrrole nitrogens is 1. The van der Waals surface area contributed by atoms with Crippen LogP contribution in [0.5, 0.6) is 5.75 Å². The number of amides is 1. The van der Waals surface area contributed by atoms with Crippen LogP contribution >= 0.6 is 11.8 Å². The summed E-state index contributed by atoms with van der Waals surface area (Å²) in [5.41, 5.74) is 4.02. The summed E-state index contributed by atoms with van der Waals surface area (Å²) in [5.74, 6) is 1.02. The van der Waals surface area contributed by atoms with Crippen LogP contribution < -0.4 is 15.6 Å². The molecule has 7 nitrogen and oxygen atoms in total. The Bertz CT molecular complexity index is 1610. The third-order valence-electron chi connectivity index (χ3n) is 5.99. The standard InChI is InChI=1S/C28H25N3O4S/c1-17-19(27(33)31-28(29-17)36-16-18-8-4-3-5-9-18)12-13-26(32)30-22-15-24-21(14-25(22)34-2)20-10-6-7-11-23(20)35-24/h3-11,14-15H,12-13,16H2,1-2H3,(H,30,32)(H,29,31,33). The molecule has 0 saturated carbocycles. The van der Waals surface area contributed by atoms with Crippen molar-refractivity contribution in [2.24, 2.45) is 0 Å². The van der Waals surface area contributed by atoms with E-state index in [-0.39, 0.29) is 24.3 Å². The summed E-state index contributed by atoms with van der Waals surface area (Å²) in [6.45, 7) is 1.80. The lowest BCUT2D eigenvalue weighted by atomic mass is 10.1. The Morgan fingerprint density at radius 2 is 1.83 bits per heavy atom. The second kappa shape index (κ2) is 10.3. The molecule has 0 radical (unpaired) electrons. The van der Waals surface area contributed by atoms with Gasteiger partial charge in [-0.05, 0) is 31.0 Å². The van der Waals surface area contributed by atoms with Gasteiger partial charge >= 0.3 is 0 Å². The fourth-order valence-electron chi connectivity index (χ4n) is 4.14. The average Bonchev–Trinajstić information content (AvgIpc) is 3.24. The highest BCUT2D eigenvalue weighted by Crippen LogP contribution is 2.36. The molecule has 36 heavy (non-hydrogen) atoms. The molecule has 0 unspecified atom stereocenters. The van der Waals surface area contributed by atoms with Crippen molar-refractivity contribution < 1.29 is 13.9 Å². The topological polar surface area (TPSA) is 97.2 Å². The van der Waals surface area contributed by atoms with Crippen molar-refractivity contribution in [1.82, 2.24) is 9.97 Å². The average molecular weight is 500 g/mol. The molecule has 3 aromatic carbocycles. The van der Waals surface area contributed by atoms with Gasteiger partial charge in [0, 0.05) is 40.3 Å². The minimum atomic E-state index is -0.231. The number of carbonyl (C=O) groups is 1. The molecule has 0 aliphatic carbocycles. The van der Waals surface area contributed by atoms with Crippen LogP contribution in [0.25, 0.3) is 21.9 Å².